The standard InChI is InChI=1S/C12H29N4P/c1-8-16(9-2)17(13-12(3,4)5)14(6)10-11-15(17)7/h8-11H2,1-7H3. The molecular weight excluding hydrogens is 231 g/mol. The van der Waals surface area contributed by atoms with Gasteiger partial charge in [0.05, 0.1) is 5.54 Å². The van der Waals surface area contributed by atoms with Gasteiger partial charge in [-0.2, -0.15) is 0 Å². The lowest BCUT2D eigenvalue weighted by molar-refractivity contribution is 0.424. The molecule has 0 aromatic rings. The van der Waals surface area contributed by atoms with Gasteiger partial charge < -0.3 is 0 Å². The van der Waals surface area contributed by atoms with Gasteiger partial charge in [-0.1, -0.05) is 13.8 Å². The maximum atomic E-state index is 5.23. The van der Waals surface area contributed by atoms with E-state index in [1.165, 1.54) is 0 Å². The lowest BCUT2D eigenvalue weighted by atomic mass is 10.1. The Hall–Kier alpha value is 0.110. The van der Waals surface area contributed by atoms with Gasteiger partial charge in [-0.25, -0.2) is 14.0 Å². The second-order valence-corrected chi connectivity index (χ2v) is 8.91. The molecule has 17 heavy (non-hydrogen) atoms. The third kappa shape index (κ3) is 2.93. The van der Waals surface area contributed by atoms with Crippen molar-refractivity contribution in [1.82, 2.24) is 14.0 Å². The number of hydrogen-bond acceptors (Lipinski definition) is 1. The van der Waals surface area contributed by atoms with Crippen LogP contribution in [0.4, 0.5) is 0 Å². The summed E-state index contributed by atoms with van der Waals surface area (Å²) in [5, 5.41) is 0. The first-order valence-electron chi connectivity index (χ1n) is 6.60. The smallest absolute Gasteiger partial charge is 0.167 e. The summed E-state index contributed by atoms with van der Waals surface area (Å²) in [5.41, 5.74) is 0.0171. The fourth-order valence-electron chi connectivity index (χ4n) is 2.47. The third-order valence-electron chi connectivity index (χ3n) is 3.21. The average Bonchev–Trinajstić information content (AvgIpc) is 2.47. The highest BCUT2D eigenvalue weighted by molar-refractivity contribution is 7.59. The number of rotatable bonds is 3. The number of nitrogens with zero attached hydrogens (tertiary/aromatic N) is 4. The van der Waals surface area contributed by atoms with E-state index in [0.29, 0.717) is 0 Å². The van der Waals surface area contributed by atoms with E-state index >= 15 is 0 Å². The molecule has 4 nitrogen and oxygen atoms in total. The Labute approximate surface area is 107 Å². The van der Waals surface area contributed by atoms with Crippen LogP contribution in [0.5, 0.6) is 0 Å². The van der Waals surface area contributed by atoms with Gasteiger partial charge in [0.2, 0.25) is 0 Å². The van der Waals surface area contributed by atoms with Crippen LogP contribution in [0.25, 0.3) is 0 Å². The minimum Gasteiger partial charge on any atom is -0.255 e. The molecule has 0 N–H and O–H groups in total. The van der Waals surface area contributed by atoms with Crippen molar-refractivity contribution in [3.05, 3.63) is 0 Å². The van der Waals surface area contributed by atoms with Crippen LogP contribution in [0.15, 0.2) is 4.74 Å². The summed E-state index contributed by atoms with van der Waals surface area (Å²) in [6, 6.07) is 0. The average molecular weight is 260 g/mol. The Morgan fingerprint density at radius 2 is 1.47 bits per heavy atom. The maximum absolute atomic E-state index is 5.23. The van der Waals surface area contributed by atoms with Crippen molar-refractivity contribution in [2.75, 3.05) is 40.3 Å². The predicted octanol–water partition coefficient (Wildman–Crippen LogP) is 2.95. The molecule has 5 heteroatoms. The monoisotopic (exact) mass is 260 g/mol. The van der Waals surface area contributed by atoms with Crippen molar-refractivity contribution in [3.63, 3.8) is 0 Å². The summed E-state index contributed by atoms with van der Waals surface area (Å²) < 4.78 is 12.7. The fraction of sp³-hybridized carbons (Fsp3) is 1.00. The molecule has 0 radical (unpaired) electrons. The molecule has 1 saturated heterocycles. The highest BCUT2D eigenvalue weighted by atomic mass is 31.2. The molecule has 0 atom stereocenters. The van der Waals surface area contributed by atoms with Crippen molar-refractivity contribution in [2.45, 2.75) is 40.2 Å². The Morgan fingerprint density at radius 1 is 1.06 bits per heavy atom. The van der Waals surface area contributed by atoms with Crippen LogP contribution in [-0.4, -0.2) is 59.8 Å². The lowest BCUT2D eigenvalue weighted by Crippen LogP contribution is -2.32. The van der Waals surface area contributed by atoms with E-state index in [9.17, 15) is 0 Å². The minimum atomic E-state index is -1.64. The van der Waals surface area contributed by atoms with Crippen molar-refractivity contribution < 1.29 is 0 Å². The molecule has 0 amide bonds. The molecule has 0 aromatic heterocycles. The third-order valence-corrected chi connectivity index (χ3v) is 7.63. The second kappa shape index (κ2) is 5.40. The molecule has 1 rings (SSSR count). The molecule has 102 valence electrons. The summed E-state index contributed by atoms with van der Waals surface area (Å²) in [5.74, 6) is 0. The SMILES string of the molecule is CCN(CC)P1(=NC(C)(C)C)N(C)CCN1C. The van der Waals surface area contributed by atoms with Crippen LogP contribution in [0.1, 0.15) is 34.6 Å². The Kier molecular flexibility index (Phi) is 4.81. The van der Waals surface area contributed by atoms with E-state index in [-0.39, 0.29) is 5.54 Å². The molecule has 0 unspecified atom stereocenters. The second-order valence-electron chi connectivity index (χ2n) is 5.71. The Bertz CT molecular complexity index is 290. The number of likely N-dealkylation sites (N-methyl/N-ethyl adjacent to an activating group) is 2. The topological polar surface area (TPSA) is 22.1 Å². The van der Waals surface area contributed by atoms with Gasteiger partial charge in [-0.15, -0.1) is 0 Å². The first-order chi connectivity index (χ1) is 7.78. The summed E-state index contributed by atoms with van der Waals surface area (Å²) in [6.07, 6.45) is 0. The van der Waals surface area contributed by atoms with Crippen LogP contribution in [0.2, 0.25) is 0 Å². The van der Waals surface area contributed by atoms with Crippen LogP contribution in [-0.2, 0) is 0 Å². The van der Waals surface area contributed by atoms with E-state index in [0.717, 1.165) is 26.2 Å². The highest BCUT2D eigenvalue weighted by Crippen LogP contribution is 2.61. The van der Waals surface area contributed by atoms with E-state index in [4.69, 9.17) is 4.74 Å². The van der Waals surface area contributed by atoms with Crippen LogP contribution >= 0.6 is 7.51 Å². The van der Waals surface area contributed by atoms with E-state index in [1.807, 2.05) is 0 Å². The molecule has 1 aliphatic rings. The molecular formula is C12H29N4P. The number of hydrogen-bond donors (Lipinski definition) is 0. The first kappa shape index (κ1) is 15.2. The molecule has 0 bridgehead atoms. The summed E-state index contributed by atoms with van der Waals surface area (Å²) in [6.45, 7) is 15.5. The van der Waals surface area contributed by atoms with Gasteiger partial charge >= 0.3 is 0 Å². The minimum absolute atomic E-state index is 0.0171. The Morgan fingerprint density at radius 3 is 1.76 bits per heavy atom. The summed E-state index contributed by atoms with van der Waals surface area (Å²) >= 11 is 0. The van der Waals surface area contributed by atoms with Gasteiger partial charge in [0.15, 0.2) is 7.51 Å². The zero-order chi connectivity index (χ0) is 13.3. The molecule has 0 aromatic carbocycles. The van der Waals surface area contributed by atoms with Crippen LogP contribution in [0, 0.1) is 0 Å². The maximum Gasteiger partial charge on any atom is 0.167 e. The van der Waals surface area contributed by atoms with Gasteiger partial charge in [-0.3, -0.25) is 4.74 Å². The van der Waals surface area contributed by atoms with Crippen molar-refractivity contribution in [1.29, 1.82) is 0 Å². The Balaban J connectivity index is 3.31. The largest absolute Gasteiger partial charge is 0.255 e. The van der Waals surface area contributed by atoms with Gasteiger partial charge in [-0.05, 0) is 34.9 Å². The van der Waals surface area contributed by atoms with E-state index < -0.39 is 7.51 Å². The van der Waals surface area contributed by atoms with E-state index in [2.05, 4.69) is 62.7 Å². The highest BCUT2D eigenvalue weighted by Gasteiger charge is 2.41. The fourth-order valence-corrected chi connectivity index (χ4v) is 6.57. The van der Waals surface area contributed by atoms with Gasteiger partial charge in [0, 0.05) is 26.2 Å². The normalized spacial score (nSPS) is 22.4. The molecule has 0 saturated carbocycles. The van der Waals surface area contributed by atoms with Crippen molar-refractivity contribution in [2.24, 2.45) is 4.74 Å². The van der Waals surface area contributed by atoms with Gasteiger partial charge in [0.25, 0.3) is 0 Å². The molecule has 1 aliphatic heterocycles. The lowest BCUT2D eigenvalue weighted by Gasteiger charge is -2.42. The zero-order valence-corrected chi connectivity index (χ0v) is 13.5. The molecule has 0 aliphatic carbocycles. The molecule has 0 spiro atoms. The van der Waals surface area contributed by atoms with Gasteiger partial charge in [0.1, 0.15) is 0 Å². The van der Waals surface area contributed by atoms with Crippen molar-refractivity contribution >= 4 is 7.51 Å². The molecule has 1 fully saturated rings. The summed E-state index contributed by atoms with van der Waals surface area (Å²) in [7, 11) is 2.82. The van der Waals surface area contributed by atoms with E-state index in [1.54, 1.807) is 0 Å². The first-order valence-corrected chi connectivity index (χ1v) is 8.20. The predicted molar refractivity (Wildman–Crippen MR) is 77.3 cm³/mol. The molecule has 1 heterocycles. The zero-order valence-electron chi connectivity index (χ0n) is 12.6. The van der Waals surface area contributed by atoms with Crippen molar-refractivity contribution in [3.8, 4) is 0 Å². The summed E-state index contributed by atoms with van der Waals surface area (Å²) in [4.78, 5) is 0. The van der Waals surface area contributed by atoms with Crippen LogP contribution in [0.3, 0.4) is 0 Å². The quantitative estimate of drug-likeness (QED) is 0.728. The van der Waals surface area contributed by atoms with Crippen LogP contribution < -0.4 is 0 Å².